The first-order valence-electron chi connectivity index (χ1n) is 8.10. The summed E-state index contributed by atoms with van der Waals surface area (Å²) >= 11 is 0. The van der Waals surface area contributed by atoms with Gasteiger partial charge in [-0.05, 0) is 29.8 Å². The van der Waals surface area contributed by atoms with Crippen molar-refractivity contribution in [2.45, 2.75) is 36.8 Å². The maximum Gasteiger partial charge on any atom is 0.335 e. The lowest BCUT2D eigenvalue weighted by Crippen LogP contribution is -2.57. The Labute approximate surface area is 152 Å². The van der Waals surface area contributed by atoms with E-state index in [1.54, 1.807) is 12.1 Å². The van der Waals surface area contributed by atoms with Crippen molar-refractivity contribution >= 4 is 29.0 Å². The van der Waals surface area contributed by atoms with E-state index in [9.17, 15) is 30.0 Å². The van der Waals surface area contributed by atoms with Crippen LogP contribution in [0.2, 0.25) is 0 Å². The zero-order valence-corrected chi connectivity index (χ0v) is 14.0. The number of carboxylic acid groups (broad SMARTS) is 1. The van der Waals surface area contributed by atoms with Crippen LogP contribution in [0, 0.1) is 0 Å². The van der Waals surface area contributed by atoms with E-state index in [1.807, 2.05) is 0 Å². The molecule has 0 bridgehead atoms. The van der Waals surface area contributed by atoms with Gasteiger partial charge in [-0.15, -0.1) is 0 Å². The summed E-state index contributed by atoms with van der Waals surface area (Å²) in [5.41, 5.74) is -1.44. The second-order valence-electron chi connectivity index (χ2n) is 6.48. The van der Waals surface area contributed by atoms with Crippen molar-refractivity contribution in [3.8, 4) is 5.75 Å². The number of carbonyl (C=O) groups excluding carboxylic acids is 1. The number of aromatic hydroxyl groups is 1. The average Bonchev–Trinajstić information content (AvgIpc) is 3.06. The molecule has 1 fully saturated rings. The second-order valence-corrected chi connectivity index (χ2v) is 6.48. The van der Waals surface area contributed by atoms with Gasteiger partial charge in [0.15, 0.2) is 5.60 Å². The minimum absolute atomic E-state index is 0.0355. The van der Waals surface area contributed by atoms with Crippen molar-refractivity contribution in [3.05, 3.63) is 36.1 Å². The fourth-order valence-electron chi connectivity index (χ4n) is 3.06. The standard InChI is InChI=1S/C18H18O9/c19-11-5-9(6-13-10(11)3-4-26-13)1-2-15(21)27-14-8-18(25,17(23)24)7-12(20)16(14)22/h1-6,12,14,16,19-20,22,25H,7-8H2,(H,23,24). The number of carbonyl (C=O) groups is 2. The summed E-state index contributed by atoms with van der Waals surface area (Å²) in [6.45, 7) is 0. The van der Waals surface area contributed by atoms with Crippen molar-refractivity contribution in [2.24, 2.45) is 0 Å². The van der Waals surface area contributed by atoms with Gasteiger partial charge in [0.1, 0.15) is 23.5 Å². The van der Waals surface area contributed by atoms with E-state index in [0.717, 1.165) is 6.08 Å². The molecule has 9 heteroatoms. The number of fused-ring (bicyclic) bond motifs is 1. The molecule has 1 aliphatic carbocycles. The van der Waals surface area contributed by atoms with Gasteiger partial charge in [-0.25, -0.2) is 9.59 Å². The third-order valence-corrected chi connectivity index (χ3v) is 4.51. The third kappa shape index (κ3) is 3.80. The summed E-state index contributed by atoms with van der Waals surface area (Å²) in [4.78, 5) is 23.2. The van der Waals surface area contributed by atoms with Gasteiger partial charge in [-0.3, -0.25) is 0 Å². The Morgan fingerprint density at radius 1 is 1.26 bits per heavy atom. The molecule has 5 N–H and O–H groups in total. The number of phenolic OH excluding ortho intramolecular Hbond substituents is 1. The minimum Gasteiger partial charge on any atom is -0.507 e. The molecule has 2 aromatic rings. The molecule has 0 spiro atoms. The van der Waals surface area contributed by atoms with Crippen LogP contribution in [0.1, 0.15) is 18.4 Å². The van der Waals surface area contributed by atoms with Crippen LogP contribution in [0.4, 0.5) is 0 Å². The van der Waals surface area contributed by atoms with Gasteiger partial charge in [0.2, 0.25) is 0 Å². The number of furan rings is 1. The Morgan fingerprint density at radius 2 is 2.00 bits per heavy atom. The number of rotatable bonds is 4. The summed E-state index contributed by atoms with van der Waals surface area (Å²) in [5, 5.41) is 49.2. The summed E-state index contributed by atoms with van der Waals surface area (Å²) < 4.78 is 10.2. The van der Waals surface area contributed by atoms with E-state index in [1.165, 1.54) is 18.4 Å². The van der Waals surface area contributed by atoms with Crippen LogP contribution in [-0.2, 0) is 14.3 Å². The van der Waals surface area contributed by atoms with Crippen LogP contribution in [0.5, 0.6) is 5.75 Å². The molecule has 144 valence electrons. The van der Waals surface area contributed by atoms with Crippen molar-refractivity contribution < 1.29 is 44.3 Å². The Bertz CT molecular complexity index is 899. The zero-order valence-electron chi connectivity index (χ0n) is 14.0. The first kappa shape index (κ1) is 18.9. The maximum atomic E-state index is 12.0. The van der Waals surface area contributed by atoms with E-state index in [0.29, 0.717) is 16.5 Å². The molecule has 1 heterocycles. The van der Waals surface area contributed by atoms with Gasteiger partial charge < -0.3 is 34.7 Å². The molecular weight excluding hydrogens is 360 g/mol. The Morgan fingerprint density at radius 3 is 2.70 bits per heavy atom. The van der Waals surface area contributed by atoms with Gasteiger partial charge >= 0.3 is 11.9 Å². The number of hydrogen-bond donors (Lipinski definition) is 5. The van der Waals surface area contributed by atoms with E-state index in [2.05, 4.69) is 0 Å². The zero-order chi connectivity index (χ0) is 19.8. The van der Waals surface area contributed by atoms with E-state index < -0.39 is 48.7 Å². The first-order chi connectivity index (χ1) is 12.7. The van der Waals surface area contributed by atoms with E-state index in [-0.39, 0.29) is 5.75 Å². The number of aliphatic carboxylic acids is 1. The van der Waals surface area contributed by atoms with Gasteiger partial charge in [0.25, 0.3) is 0 Å². The highest BCUT2D eigenvalue weighted by Crippen LogP contribution is 2.31. The number of hydrogen-bond acceptors (Lipinski definition) is 8. The topological polar surface area (TPSA) is 158 Å². The monoisotopic (exact) mass is 378 g/mol. The van der Waals surface area contributed by atoms with Crippen LogP contribution >= 0.6 is 0 Å². The molecule has 27 heavy (non-hydrogen) atoms. The van der Waals surface area contributed by atoms with Crippen LogP contribution < -0.4 is 0 Å². The number of carboxylic acids is 1. The Kier molecular flexibility index (Phi) is 4.92. The highest BCUT2D eigenvalue weighted by Gasteiger charge is 2.50. The molecule has 9 nitrogen and oxygen atoms in total. The smallest absolute Gasteiger partial charge is 0.335 e. The number of aliphatic hydroxyl groups is 3. The van der Waals surface area contributed by atoms with Crippen molar-refractivity contribution in [1.29, 1.82) is 0 Å². The summed E-state index contributed by atoms with van der Waals surface area (Å²) in [7, 11) is 0. The van der Waals surface area contributed by atoms with Crippen molar-refractivity contribution in [1.82, 2.24) is 0 Å². The van der Waals surface area contributed by atoms with Gasteiger partial charge in [-0.1, -0.05) is 0 Å². The maximum absolute atomic E-state index is 12.0. The lowest BCUT2D eigenvalue weighted by Gasteiger charge is -2.39. The van der Waals surface area contributed by atoms with Gasteiger partial charge in [0.05, 0.1) is 17.8 Å². The molecule has 0 amide bonds. The molecule has 0 aliphatic heterocycles. The third-order valence-electron chi connectivity index (χ3n) is 4.51. The molecular formula is C18H18O9. The largest absolute Gasteiger partial charge is 0.507 e. The fraction of sp³-hybridized carbons (Fsp3) is 0.333. The summed E-state index contributed by atoms with van der Waals surface area (Å²) in [6, 6.07) is 4.58. The molecule has 3 rings (SSSR count). The second kappa shape index (κ2) is 7.03. The number of ether oxygens (including phenoxy) is 1. The van der Waals surface area contributed by atoms with Crippen LogP contribution in [0.25, 0.3) is 17.0 Å². The lowest BCUT2D eigenvalue weighted by molar-refractivity contribution is -0.196. The van der Waals surface area contributed by atoms with E-state index in [4.69, 9.17) is 14.3 Å². The molecule has 4 unspecified atom stereocenters. The van der Waals surface area contributed by atoms with E-state index >= 15 is 0 Å². The molecule has 1 saturated carbocycles. The van der Waals surface area contributed by atoms with Crippen LogP contribution in [-0.4, -0.2) is 61.4 Å². The molecule has 4 atom stereocenters. The predicted molar refractivity (Wildman–Crippen MR) is 90.6 cm³/mol. The highest BCUT2D eigenvalue weighted by atomic mass is 16.6. The SMILES string of the molecule is O=C(C=Cc1cc(O)c2ccoc2c1)OC1CC(O)(C(=O)O)CC(O)C1O. The normalized spacial score (nSPS) is 28.5. The highest BCUT2D eigenvalue weighted by molar-refractivity contribution is 5.90. The minimum atomic E-state index is -2.30. The molecule has 0 saturated heterocycles. The number of benzene rings is 1. The molecule has 0 radical (unpaired) electrons. The first-order valence-corrected chi connectivity index (χ1v) is 8.10. The molecule has 1 aromatic carbocycles. The molecule has 1 aromatic heterocycles. The van der Waals surface area contributed by atoms with Crippen molar-refractivity contribution in [3.63, 3.8) is 0 Å². The Balaban J connectivity index is 1.71. The summed E-state index contributed by atoms with van der Waals surface area (Å²) in [6.07, 6.45) is -1.85. The average molecular weight is 378 g/mol. The lowest BCUT2D eigenvalue weighted by atomic mass is 9.79. The van der Waals surface area contributed by atoms with Gasteiger partial charge in [-0.2, -0.15) is 0 Å². The number of aliphatic hydroxyl groups excluding tert-OH is 2. The number of phenols is 1. The van der Waals surface area contributed by atoms with Crippen LogP contribution in [0.15, 0.2) is 35.0 Å². The van der Waals surface area contributed by atoms with Gasteiger partial charge in [0, 0.05) is 18.9 Å². The van der Waals surface area contributed by atoms with Crippen LogP contribution in [0.3, 0.4) is 0 Å². The quantitative estimate of drug-likeness (QED) is 0.375. The van der Waals surface area contributed by atoms with Crippen molar-refractivity contribution in [2.75, 3.05) is 0 Å². The summed E-state index contributed by atoms with van der Waals surface area (Å²) in [5.74, 6) is -2.53. The Hall–Kier alpha value is -2.88. The number of esters is 1. The molecule has 1 aliphatic rings. The predicted octanol–water partition coefficient (Wildman–Crippen LogP) is 0.395. The fourth-order valence-corrected chi connectivity index (χ4v) is 3.06.